The molecule has 0 radical (unpaired) electrons. The summed E-state index contributed by atoms with van der Waals surface area (Å²) in [6.07, 6.45) is 4.94. The van der Waals surface area contributed by atoms with Gasteiger partial charge in [0.15, 0.2) is 0 Å². The van der Waals surface area contributed by atoms with Gasteiger partial charge >= 0.3 is 0 Å². The van der Waals surface area contributed by atoms with Gasteiger partial charge in [-0.2, -0.15) is 0 Å². The molecule has 0 saturated heterocycles. The lowest BCUT2D eigenvalue weighted by Crippen LogP contribution is -2.09. The molecule has 0 spiro atoms. The smallest absolute Gasteiger partial charge is 0.0389 e. The Morgan fingerprint density at radius 2 is 1.94 bits per heavy atom. The topological polar surface area (TPSA) is 26.0 Å². The third-order valence-electron chi connectivity index (χ3n) is 2.85. The van der Waals surface area contributed by atoms with Gasteiger partial charge < -0.3 is 5.73 Å². The van der Waals surface area contributed by atoms with E-state index in [9.17, 15) is 0 Å². The summed E-state index contributed by atoms with van der Waals surface area (Å²) < 4.78 is 0. The van der Waals surface area contributed by atoms with Crippen LogP contribution >= 0.6 is 11.3 Å². The van der Waals surface area contributed by atoms with Crippen LogP contribution in [0.25, 0.3) is 0 Å². The number of hydrogen-bond donors (Lipinski definition) is 1. The van der Waals surface area contributed by atoms with Crippen LogP contribution in [0.5, 0.6) is 0 Å². The summed E-state index contributed by atoms with van der Waals surface area (Å²) in [6, 6.07) is 4.69. The van der Waals surface area contributed by atoms with E-state index in [2.05, 4.69) is 39.8 Å². The molecule has 1 rings (SSSR count). The first-order chi connectivity index (χ1) is 7.45. The highest BCUT2D eigenvalue weighted by atomic mass is 32.1. The molecule has 0 aliphatic carbocycles. The average Bonchev–Trinajstić information content (AvgIpc) is 2.66. The Kier molecular flexibility index (Phi) is 5.00. The van der Waals surface area contributed by atoms with Gasteiger partial charge in [-0.1, -0.05) is 47.0 Å². The van der Waals surface area contributed by atoms with Crippen molar-refractivity contribution in [2.24, 2.45) is 5.73 Å². The van der Waals surface area contributed by atoms with Crippen LogP contribution in [0.3, 0.4) is 0 Å². The van der Waals surface area contributed by atoms with E-state index < -0.39 is 0 Å². The molecule has 1 heterocycles. The van der Waals surface area contributed by atoms with E-state index in [-0.39, 0.29) is 11.5 Å². The van der Waals surface area contributed by atoms with Gasteiger partial charge in [-0.15, -0.1) is 11.3 Å². The summed E-state index contributed by atoms with van der Waals surface area (Å²) >= 11 is 1.88. The summed E-state index contributed by atoms with van der Waals surface area (Å²) in [7, 11) is 0. The maximum atomic E-state index is 6.20. The highest BCUT2D eigenvalue weighted by molar-refractivity contribution is 7.12. The zero-order chi connectivity index (χ0) is 12.2. The fourth-order valence-corrected chi connectivity index (χ4v) is 2.81. The van der Waals surface area contributed by atoms with Crippen molar-refractivity contribution in [1.29, 1.82) is 0 Å². The predicted molar refractivity (Wildman–Crippen MR) is 74.1 cm³/mol. The van der Waals surface area contributed by atoms with Crippen molar-refractivity contribution in [1.82, 2.24) is 0 Å². The first-order valence-corrected chi connectivity index (χ1v) is 7.12. The number of rotatable bonds is 5. The van der Waals surface area contributed by atoms with Crippen molar-refractivity contribution in [3.05, 3.63) is 21.9 Å². The summed E-state index contributed by atoms with van der Waals surface area (Å²) in [4.78, 5) is 2.79. The lowest BCUT2D eigenvalue weighted by atomic mass is 9.95. The first kappa shape index (κ1) is 13.7. The SMILES string of the molecule is CCCCCC(N)c1ccc(C(C)(C)C)s1. The molecule has 1 unspecified atom stereocenters. The molecule has 2 heteroatoms. The van der Waals surface area contributed by atoms with Gasteiger partial charge in [-0.25, -0.2) is 0 Å². The molecule has 1 aromatic rings. The maximum absolute atomic E-state index is 6.20. The minimum atomic E-state index is 0.243. The minimum Gasteiger partial charge on any atom is -0.323 e. The first-order valence-electron chi connectivity index (χ1n) is 6.31. The molecular formula is C14H25NS. The Labute approximate surface area is 104 Å². The van der Waals surface area contributed by atoms with Crippen molar-refractivity contribution in [2.45, 2.75) is 64.8 Å². The van der Waals surface area contributed by atoms with E-state index in [4.69, 9.17) is 5.73 Å². The van der Waals surface area contributed by atoms with E-state index in [0.717, 1.165) is 6.42 Å². The third-order valence-corrected chi connectivity index (χ3v) is 4.49. The van der Waals surface area contributed by atoms with Crippen LogP contribution in [0.1, 0.15) is 69.2 Å². The van der Waals surface area contributed by atoms with Crippen molar-refractivity contribution < 1.29 is 0 Å². The Balaban J connectivity index is 2.56. The Hall–Kier alpha value is -0.340. The van der Waals surface area contributed by atoms with Crippen LogP contribution in [0.2, 0.25) is 0 Å². The van der Waals surface area contributed by atoms with E-state index in [1.54, 1.807) is 0 Å². The van der Waals surface area contributed by atoms with Crippen LogP contribution in [-0.2, 0) is 5.41 Å². The van der Waals surface area contributed by atoms with Crippen molar-refractivity contribution in [3.8, 4) is 0 Å². The fraction of sp³-hybridized carbons (Fsp3) is 0.714. The van der Waals surface area contributed by atoms with E-state index in [1.807, 2.05) is 11.3 Å². The van der Waals surface area contributed by atoms with Crippen LogP contribution < -0.4 is 5.73 Å². The molecule has 92 valence electrons. The average molecular weight is 239 g/mol. The number of hydrogen-bond acceptors (Lipinski definition) is 2. The zero-order valence-corrected chi connectivity index (χ0v) is 11.9. The molecule has 2 N–H and O–H groups in total. The predicted octanol–water partition coefficient (Wildman–Crippen LogP) is 4.63. The van der Waals surface area contributed by atoms with Crippen molar-refractivity contribution >= 4 is 11.3 Å². The monoisotopic (exact) mass is 239 g/mol. The second-order valence-corrected chi connectivity index (χ2v) is 6.67. The largest absolute Gasteiger partial charge is 0.323 e. The normalized spacial score (nSPS) is 14.1. The molecule has 1 nitrogen and oxygen atoms in total. The molecule has 0 aliphatic heterocycles. The zero-order valence-electron chi connectivity index (χ0n) is 11.0. The molecule has 0 amide bonds. The number of unbranched alkanes of at least 4 members (excludes halogenated alkanes) is 2. The van der Waals surface area contributed by atoms with E-state index in [0.29, 0.717) is 0 Å². The van der Waals surface area contributed by atoms with E-state index in [1.165, 1.54) is 29.0 Å². The van der Waals surface area contributed by atoms with Crippen molar-refractivity contribution in [2.75, 3.05) is 0 Å². The number of thiophene rings is 1. The van der Waals surface area contributed by atoms with Gasteiger partial charge in [0.05, 0.1) is 0 Å². The van der Waals surface area contributed by atoms with Gasteiger partial charge in [0.2, 0.25) is 0 Å². The van der Waals surface area contributed by atoms with Gasteiger partial charge in [0.25, 0.3) is 0 Å². The van der Waals surface area contributed by atoms with Gasteiger partial charge in [0, 0.05) is 15.8 Å². The van der Waals surface area contributed by atoms with Gasteiger partial charge in [0.1, 0.15) is 0 Å². The van der Waals surface area contributed by atoms with Crippen LogP contribution in [-0.4, -0.2) is 0 Å². The fourth-order valence-electron chi connectivity index (χ4n) is 1.71. The molecule has 16 heavy (non-hydrogen) atoms. The standard InChI is InChI=1S/C14H25NS/c1-5-6-7-8-11(15)12-9-10-13(16-12)14(2,3)4/h9-11H,5-8,15H2,1-4H3. The molecule has 1 atom stereocenters. The molecule has 0 bridgehead atoms. The third kappa shape index (κ3) is 3.91. The maximum Gasteiger partial charge on any atom is 0.0389 e. The van der Waals surface area contributed by atoms with E-state index >= 15 is 0 Å². The lowest BCUT2D eigenvalue weighted by Gasteiger charge is -2.15. The molecule has 0 saturated carbocycles. The highest BCUT2D eigenvalue weighted by Crippen LogP contribution is 2.32. The van der Waals surface area contributed by atoms with Crippen LogP contribution in [0.4, 0.5) is 0 Å². The molecule has 0 fully saturated rings. The molecular weight excluding hydrogens is 214 g/mol. The second kappa shape index (κ2) is 5.83. The second-order valence-electron chi connectivity index (χ2n) is 5.55. The number of nitrogens with two attached hydrogens (primary N) is 1. The Morgan fingerprint density at radius 1 is 1.25 bits per heavy atom. The summed E-state index contributed by atoms with van der Waals surface area (Å²) in [5.41, 5.74) is 6.46. The summed E-state index contributed by atoms with van der Waals surface area (Å²) in [5.74, 6) is 0. The van der Waals surface area contributed by atoms with Crippen molar-refractivity contribution in [3.63, 3.8) is 0 Å². The van der Waals surface area contributed by atoms with Gasteiger partial charge in [-0.3, -0.25) is 0 Å². The molecule has 0 aromatic carbocycles. The Bertz CT molecular complexity index is 309. The summed E-state index contributed by atoms with van der Waals surface area (Å²) in [5, 5.41) is 0. The summed E-state index contributed by atoms with van der Waals surface area (Å²) in [6.45, 7) is 9.00. The van der Waals surface area contributed by atoms with Gasteiger partial charge in [-0.05, 0) is 24.0 Å². The minimum absolute atomic E-state index is 0.243. The quantitative estimate of drug-likeness (QED) is 0.745. The molecule has 0 aliphatic rings. The highest BCUT2D eigenvalue weighted by Gasteiger charge is 2.17. The Morgan fingerprint density at radius 3 is 2.44 bits per heavy atom. The lowest BCUT2D eigenvalue weighted by molar-refractivity contribution is 0.587. The van der Waals surface area contributed by atoms with Crippen LogP contribution in [0, 0.1) is 0 Å². The van der Waals surface area contributed by atoms with Crippen LogP contribution in [0.15, 0.2) is 12.1 Å². The molecule has 1 aromatic heterocycles.